The first-order chi connectivity index (χ1) is 12.1. The molecular formula is C18H17FN4O2. The molecule has 0 aliphatic carbocycles. The average molecular weight is 340 g/mol. The number of hydrogen-bond donors (Lipinski definition) is 2. The number of nitrogens with zero attached hydrogens (tertiary/aromatic N) is 3. The minimum atomic E-state index is -0.907. The molecule has 0 saturated carbocycles. The highest BCUT2D eigenvalue weighted by atomic mass is 19.1. The molecule has 1 aliphatic heterocycles. The summed E-state index contributed by atoms with van der Waals surface area (Å²) in [7, 11) is 0. The Morgan fingerprint density at radius 2 is 1.88 bits per heavy atom. The zero-order valence-electron chi connectivity index (χ0n) is 13.4. The van der Waals surface area contributed by atoms with E-state index in [1.807, 2.05) is 6.07 Å². The van der Waals surface area contributed by atoms with Crippen LogP contribution in [0.2, 0.25) is 0 Å². The topological polar surface area (TPSA) is 72.5 Å². The van der Waals surface area contributed by atoms with Crippen molar-refractivity contribution in [1.29, 1.82) is 0 Å². The standard InChI is InChI=1S/C18H17FN4O2/c19-15-4-2-1-3-12(15)14-11-21-17-13(5-6-20-17)16(14)22-7-9-23(10-8-22)18(24)25/h1-6,11H,7-10H2,(H,20,21)(H,24,25). The Kier molecular flexibility index (Phi) is 3.76. The molecule has 6 nitrogen and oxygen atoms in total. The Morgan fingerprint density at radius 1 is 1.12 bits per heavy atom. The van der Waals surface area contributed by atoms with Crippen molar-refractivity contribution in [1.82, 2.24) is 14.9 Å². The monoisotopic (exact) mass is 340 g/mol. The minimum Gasteiger partial charge on any atom is -0.465 e. The average Bonchev–Trinajstić information content (AvgIpc) is 3.10. The van der Waals surface area contributed by atoms with Crippen LogP contribution in [0.15, 0.2) is 42.7 Å². The van der Waals surface area contributed by atoms with Gasteiger partial charge in [-0.05, 0) is 12.1 Å². The van der Waals surface area contributed by atoms with Gasteiger partial charge in [0.2, 0.25) is 0 Å². The van der Waals surface area contributed by atoms with E-state index in [1.54, 1.807) is 30.6 Å². The number of carboxylic acid groups (broad SMARTS) is 1. The molecule has 3 aromatic rings. The highest BCUT2D eigenvalue weighted by molar-refractivity contribution is 5.99. The first kappa shape index (κ1) is 15.4. The normalized spacial score (nSPS) is 14.9. The Hall–Kier alpha value is -3.09. The van der Waals surface area contributed by atoms with Crippen LogP contribution in [0.4, 0.5) is 14.9 Å². The molecule has 7 heteroatoms. The molecule has 0 bridgehead atoms. The summed E-state index contributed by atoms with van der Waals surface area (Å²) in [6, 6.07) is 8.55. The van der Waals surface area contributed by atoms with Gasteiger partial charge in [-0.3, -0.25) is 0 Å². The zero-order valence-corrected chi connectivity index (χ0v) is 13.4. The second kappa shape index (κ2) is 6.08. The number of fused-ring (bicyclic) bond motifs is 1. The van der Waals surface area contributed by atoms with Crippen LogP contribution in [0, 0.1) is 5.82 Å². The highest BCUT2D eigenvalue weighted by Gasteiger charge is 2.25. The summed E-state index contributed by atoms with van der Waals surface area (Å²) in [4.78, 5) is 22.1. The molecule has 4 rings (SSSR count). The molecule has 0 radical (unpaired) electrons. The molecule has 128 valence electrons. The third kappa shape index (κ3) is 2.67. The number of amides is 1. The van der Waals surface area contributed by atoms with Gasteiger partial charge in [0.25, 0.3) is 0 Å². The molecule has 1 amide bonds. The fraction of sp³-hybridized carbons (Fsp3) is 0.222. The van der Waals surface area contributed by atoms with Gasteiger partial charge in [-0.25, -0.2) is 14.2 Å². The van der Waals surface area contributed by atoms with Crippen molar-refractivity contribution in [2.24, 2.45) is 0 Å². The fourth-order valence-electron chi connectivity index (χ4n) is 3.33. The molecule has 0 spiro atoms. The van der Waals surface area contributed by atoms with E-state index in [-0.39, 0.29) is 5.82 Å². The summed E-state index contributed by atoms with van der Waals surface area (Å²) < 4.78 is 14.4. The quantitative estimate of drug-likeness (QED) is 0.752. The van der Waals surface area contributed by atoms with E-state index in [2.05, 4.69) is 14.9 Å². The number of H-pyrrole nitrogens is 1. The van der Waals surface area contributed by atoms with Gasteiger partial charge >= 0.3 is 6.09 Å². The maximum absolute atomic E-state index is 14.4. The number of aromatic amines is 1. The van der Waals surface area contributed by atoms with Crippen LogP contribution in [0.3, 0.4) is 0 Å². The van der Waals surface area contributed by atoms with Crippen molar-refractivity contribution >= 4 is 22.8 Å². The van der Waals surface area contributed by atoms with E-state index >= 15 is 0 Å². The largest absolute Gasteiger partial charge is 0.465 e. The number of carbonyl (C=O) groups is 1. The summed E-state index contributed by atoms with van der Waals surface area (Å²) in [5.74, 6) is -0.301. The number of anilines is 1. The van der Waals surface area contributed by atoms with Crippen molar-refractivity contribution < 1.29 is 14.3 Å². The van der Waals surface area contributed by atoms with Gasteiger partial charge in [-0.1, -0.05) is 18.2 Å². The Labute approximate surface area is 143 Å². The van der Waals surface area contributed by atoms with E-state index < -0.39 is 6.09 Å². The van der Waals surface area contributed by atoms with Gasteiger partial charge in [-0.15, -0.1) is 0 Å². The Balaban J connectivity index is 1.82. The first-order valence-electron chi connectivity index (χ1n) is 8.09. The lowest BCUT2D eigenvalue weighted by Crippen LogP contribution is -2.48. The van der Waals surface area contributed by atoms with Gasteiger partial charge in [0, 0.05) is 55.1 Å². The first-order valence-corrected chi connectivity index (χ1v) is 8.09. The van der Waals surface area contributed by atoms with Gasteiger partial charge in [0.1, 0.15) is 11.5 Å². The molecule has 0 unspecified atom stereocenters. The van der Waals surface area contributed by atoms with E-state index in [1.165, 1.54) is 11.0 Å². The number of benzene rings is 1. The molecule has 1 saturated heterocycles. The van der Waals surface area contributed by atoms with Crippen molar-refractivity contribution in [3.63, 3.8) is 0 Å². The number of nitrogens with one attached hydrogen (secondary N) is 1. The van der Waals surface area contributed by atoms with Crippen LogP contribution < -0.4 is 4.90 Å². The van der Waals surface area contributed by atoms with E-state index in [9.17, 15) is 9.18 Å². The number of rotatable bonds is 2. The molecule has 2 aromatic heterocycles. The van der Waals surface area contributed by atoms with Crippen molar-refractivity contribution in [3.8, 4) is 11.1 Å². The van der Waals surface area contributed by atoms with Gasteiger partial charge in [0.05, 0.1) is 5.69 Å². The van der Waals surface area contributed by atoms with E-state index in [0.717, 1.165) is 16.7 Å². The van der Waals surface area contributed by atoms with E-state index in [0.29, 0.717) is 37.3 Å². The SMILES string of the molecule is O=C(O)N1CCN(c2c(-c3ccccc3F)cnc3[nH]ccc23)CC1. The molecule has 2 N–H and O–H groups in total. The lowest BCUT2D eigenvalue weighted by atomic mass is 10.0. The molecule has 0 atom stereocenters. The molecular weight excluding hydrogens is 323 g/mol. The maximum Gasteiger partial charge on any atom is 0.407 e. The molecule has 1 fully saturated rings. The summed E-state index contributed by atoms with van der Waals surface area (Å²) >= 11 is 0. The Morgan fingerprint density at radius 3 is 2.60 bits per heavy atom. The predicted molar refractivity (Wildman–Crippen MR) is 93.3 cm³/mol. The third-order valence-electron chi connectivity index (χ3n) is 4.59. The lowest BCUT2D eigenvalue weighted by molar-refractivity contribution is 0.142. The van der Waals surface area contributed by atoms with Crippen molar-refractivity contribution in [2.45, 2.75) is 0 Å². The van der Waals surface area contributed by atoms with Gasteiger partial charge < -0.3 is 19.9 Å². The molecule has 1 aromatic carbocycles. The molecule has 1 aliphatic rings. The summed E-state index contributed by atoms with van der Waals surface area (Å²) in [5, 5.41) is 10.1. The van der Waals surface area contributed by atoms with Crippen LogP contribution in [-0.2, 0) is 0 Å². The van der Waals surface area contributed by atoms with Gasteiger partial charge in [-0.2, -0.15) is 0 Å². The second-order valence-electron chi connectivity index (χ2n) is 6.00. The number of hydrogen-bond acceptors (Lipinski definition) is 3. The van der Waals surface area contributed by atoms with E-state index in [4.69, 9.17) is 5.11 Å². The minimum absolute atomic E-state index is 0.301. The van der Waals surface area contributed by atoms with Gasteiger partial charge in [0.15, 0.2) is 0 Å². The number of pyridine rings is 1. The third-order valence-corrected chi connectivity index (χ3v) is 4.59. The smallest absolute Gasteiger partial charge is 0.407 e. The van der Waals surface area contributed by atoms with Crippen LogP contribution in [-0.4, -0.2) is 52.2 Å². The molecule has 3 heterocycles. The summed E-state index contributed by atoms with van der Waals surface area (Å²) in [6.45, 7) is 1.94. The summed E-state index contributed by atoms with van der Waals surface area (Å²) in [5.41, 5.74) is 2.83. The van der Waals surface area contributed by atoms with Crippen molar-refractivity contribution in [3.05, 3.63) is 48.5 Å². The van der Waals surface area contributed by atoms with Crippen LogP contribution in [0.25, 0.3) is 22.2 Å². The number of aromatic nitrogens is 2. The second-order valence-corrected chi connectivity index (χ2v) is 6.00. The Bertz CT molecular complexity index is 932. The fourth-order valence-corrected chi connectivity index (χ4v) is 3.33. The summed E-state index contributed by atoms with van der Waals surface area (Å²) in [6.07, 6.45) is 2.58. The highest BCUT2D eigenvalue weighted by Crippen LogP contribution is 2.37. The molecule has 25 heavy (non-hydrogen) atoms. The number of piperazine rings is 1. The van der Waals surface area contributed by atoms with Crippen LogP contribution >= 0.6 is 0 Å². The predicted octanol–water partition coefficient (Wildman–Crippen LogP) is 3.17. The van der Waals surface area contributed by atoms with Crippen LogP contribution in [0.1, 0.15) is 0 Å². The lowest BCUT2D eigenvalue weighted by Gasteiger charge is -2.36. The number of halogens is 1. The van der Waals surface area contributed by atoms with Crippen molar-refractivity contribution in [2.75, 3.05) is 31.1 Å². The van der Waals surface area contributed by atoms with Crippen LogP contribution in [0.5, 0.6) is 0 Å². The zero-order chi connectivity index (χ0) is 17.4. The maximum atomic E-state index is 14.4.